The molecule has 3 aliphatic rings. The number of para-hydroxylation sites is 1. The van der Waals surface area contributed by atoms with Gasteiger partial charge in [0.05, 0.1) is 40.8 Å². The molecule has 3 heterocycles. The fourth-order valence-electron chi connectivity index (χ4n) is 6.72. The molecule has 0 saturated carbocycles. The van der Waals surface area contributed by atoms with Crippen molar-refractivity contribution in [2.45, 2.75) is 62.8 Å². The summed E-state index contributed by atoms with van der Waals surface area (Å²) >= 11 is 6.34. The lowest BCUT2D eigenvalue weighted by Crippen LogP contribution is -2.57. The van der Waals surface area contributed by atoms with Crippen LogP contribution in [0.5, 0.6) is 0 Å². The van der Waals surface area contributed by atoms with Crippen molar-refractivity contribution < 1.29 is 24.2 Å². The molecule has 0 radical (unpaired) electrons. The average molecular weight is 540 g/mol. The predicted molar refractivity (Wildman–Crippen MR) is 143 cm³/mol. The minimum absolute atomic E-state index is 0.231. The van der Waals surface area contributed by atoms with Crippen LogP contribution in [0.15, 0.2) is 54.6 Å². The van der Waals surface area contributed by atoms with Gasteiger partial charge >= 0.3 is 0 Å². The minimum Gasteiger partial charge on any atom is -0.394 e. The van der Waals surface area contributed by atoms with Crippen molar-refractivity contribution in [2.75, 3.05) is 18.5 Å². The molecule has 6 atom stereocenters. The third kappa shape index (κ3) is 4.28. The highest BCUT2D eigenvalue weighted by molar-refractivity contribution is 6.33. The molecule has 2 unspecified atom stereocenters. The highest BCUT2D eigenvalue weighted by Crippen LogP contribution is 2.63. The second-order valence-electron chi connectivity index (χ2n) is 10.8. The first-order valence-electron chi connectivity index (χ1n) is 13.3. The quantitative estimate of drug-likeness (QED) is 0.453. The Morgan fingerprint density at radius 1 is 1.13 bits per heavy atom. The first-order chi connectivity index (χ1) is 18.3. The van der Waals surface area contributed by atoms with Crippen LogP contribution in [-0.2, 0) is 25.5 Å². The zero-order valence-corrected chi connectivity index (χ0v) is 22.4. The molecule has 2 aromatic rings. The lowest BCUT2D eigenvalue weighted by molar-refractivity contribution is -0.147. The summed E-state index contributed by atoms with van der Waals surface area (Å²) in [5, 5.41) is 16.7. The number of aliphatic hydroxyl groups is 1. The van der Waals surface area contributed by atoms with Crippen molar-refractivity contribution >= 4 is 35.0 Å². The van der Waals surface area contributed by atoms with E-state index in [-0.39, 0.29) is 18.4 Å². The summed E-state index contributed by atoms with van der Waals surface area (Å²) in [7, 11) is 0. The Balaban J connectivity index is 1.56. The van der Waals surface area contributed by atoms with E-state index in [1.54, 1.807) is 24.3 Å². The fraction of sp³-hybridized carbons (Fsp3) is 0.483. The number of amides is 3. The summed E-state index contributed by atoms with van der Waals surface area (Å²) < 4.78 is 6.63. The molecule has 0 aromatic heterocycles. The Labute approximate surface area is 227 Å². The van der Waals surface area contributed by atoms with Crippen LogP contribution >= 0.6 is 11.6 Å². The number of benzene rings is 2. The van der Waals surface area contributed by atoms with Gasteiger partial charge in [-0.15, -0.1) is 0 Å². The molecule has 3 aliphatic heterocycles. The number of nitrogens with one attached hydrogen (secondary N) is 2. The van der Waals surface area contributed by atoms with E-state index in [2.05, 4.69) is 10.6 Å². The number of nitrogens with zero attached hydrogens (tertiary/aromatic N) is 1. The molecule has 1 spiro atoms. The molecule has 8 nitrogen and oxygen atoms in total. The van der Waals surface area contributed by atoms with Gasteiger partial charge < -0.3 is 25.4 Å². The summed E-state index contributed by atoms with van der Waals surface area (Å²) in [5.41, 5.74) is -0.698. The van der Waals surface area contributed by atoms with Gasteiger partial charge in [0.15, 0.2) is 0 Å². The minimum atomic E-state index is -1.19. The zero-order valence-electron chi connectivity index (χ0n) is 21.7. The Kier molecular flexibility index (Phi) is 7.24. The van der Waals surface area contributed by atoms with Crippen molar-refractivity contribution in [1.29, 1.82) is 0 Å². The SMILES string of the molecule is CCCNC(=O)[C@@H]1[C@H]2C(=O)N([C@@H](CO)Cc3ccccc3)C(C(=O)Nc3ccccc3Cl)C23CC[C@@]1(C)O3. The zero-order chi connectivity index (χ0) is 27.1. The number of aliphatic hydroxyl groups excluding tert-OH is 1. The maximum Gasteiger partial charge on any atom is 0.250 e. The Bertz CT molecular complexity index is 1230. The van der Waals surface area contributed by atoms with Crippen LogP contribution in [-0.4, -0.2) is 64.2 Å². The lowest BCUT2D eigenvalue weighted by atomic mass is 9.66. The number of anilines is 1. The molecule has 3 fully saturated rings. The first-order valence-corrected chi connectivity index (χ1v) is 13.6. The normalized spacial score (nSPS) is 30.3. The van der Waals surface area contributed by atoms with Crippen LogP contribution in [0.2, 0.25) is 5.02 Å². The van der Waals surface area contributed by atoms with Gasteiger partial charge in [-0.3, -0.25) is 14.4 Å². The van der Waals surface area contributed by atoms with Gasteiger partial charge in [0.1, 0.15) is 11.6 Å². The summed E-state index contributed by atoms with van der Waals surface area (Å²) in [6, 6.07) is 14.7. The molecule has 3 saturated heterocycles. The number of likely N-dealkylation sites (tertiary alicyclic amines) is 1. The summed E-state index contributed by atoms with van der Waals surface area (Å²) in [6.07, 6.45) is 2.12. The van der Waals surface area contributed by atoms with Gasteiger partial charge in [-0.2, -0.15) is 0 Å². The fourth-order valence-corrected chi connectivity index (χ4v) is 6.90. The molecule has 3 amide bonds. The Morgan fingerprint density at radius 3 is 2.53 bits per heavy atom. The topological polar surface area (TPSA) is 108 Å². The monoisotopic (exact) mass is 539 g/mol. The number of carbonyl (C=O) groups is 3. The number of rotatable bonds is 9. The Hall–Kier alpha value is -2.94. The second-order valence-corrected chi connectivity index (χ2v) is 11.2. The van der Waals surface area contributed by atoms with E-state index >= 15 is 0 Å². The van der Waals surface area contributed by atoms with Crippen molar-refractivity contribution in [2.24, 2.45) is 11.8 Å². The van der Waals surface area contributed by atoms with Gasteiger partial charge in [-0.05, 0) is 50.3 Å². The number of halogens is 1. The van der Waals surface area contributed by atoms with Crippen molar-refractivity contribution in [3.8, 4) is 0 Å². The molecule has 5 rings (SSSR count). The van der Waals surface area contributed by atoms with Crippen LogP contribution in [0.3, 0.4) is 0 Å². The van der Waals surface area contributed by atoms with Crippen LogP contribution in [0, 0.1) is 11.8 Å². The van der Waals surface area contributed by atoms with E-state index in [9.17, 15) is 19.5 Å². The smallest absolute Gasteiger partial charge is 0.250 e. The van der Waals surface area contributed by atoms with Crippen LogP contribution in [0.25, 0.3) is 0 Å². The van der Waals surface area contributed by atoms with E-state index in [0.717, 1.165) is 12.0 Å². The molecule has 2 bridgehead atoms. The molecular weight excluding hydrogens is 506 g/mol. The number of carbonyl (C=O) groups excluding carboxylic acids is 3. The third-order valence-electron chi connectivity index (χ3n) is 8.34. The van der Waals surface area contributed by atoms with Crippen molar-refractivity contribution in [3.05, 3.63) is 65.2 Å². The van der Waals surface area contributed by atoms with Crippen molar-refractivity contribution in [3.63, 3.8) is 0 Å². The number of hydrogen-bond acceptors (Lipinski definition) is 5. The summed E-state index contributed by atoms with van der Waals surface area (Å²) in [4.78, 5) is 43.2. The molecule has 9 heteroatoms. The van der Waals surface area contributed by atoms with E-state index in [0.29, 0.717) is 36.5 Å². The van der Waals surface area contributed by atoms with Gasteiger partial charge in [-0.25, -0.2) is 0 Å². The van der Waals surface area contributed by atoms with Crippen LogP contribution in [0.1, 0.15) is 38.7 Å². The largest absolute Gasteiger partial charge is 0.394 e. The maximum absolute atomic E-state index is 14.3. The van der Waals surface area contributed by atoms with Crippen LogP contribution in [0.4, 0.5) is 5.69 Å². The molecule has 38 heavy (non-hydrogen) atoms. The predicted octanol–water partition coefficient (Wildman–Crippen LogP) is 3.17. The number of fused-ring (bicyclic) bond motifs is 1. The van der Waals surface area contributed by atoms with Gasteiger partial charge in [-0.1, -0.05) is 61.0 Å². The van der Waals surface area contributed by atoms with Crippen LogP contribution < -0.4 is 10.6 Å². The summed E-state index contributed by atoms with van der Waals surface area (Å²) in [6.45, 7) is 3.98. The van der Waals surface area contributed by atoms with Gasteiger partial charge in [0.25, 0.3) is 0 Å². The molecule has 202 valence electrons. The van der Waals surface area contributed by atoms with Gasteiger partial charge in [0, 0.05) is 6.54 Å². The molecular formula is C29H34ClN3O5. The van der Waals surface area contributed by atoms with E-state index < -0.39 is 41.0 Å². The van der Waals surface area contributed by atoms with E-state index in [4.69, 9.17) is 16.3 Å². The second kappa shape index (κ2) is 10.3. The first kappa shape index (κ1) is 26.7. The number of hydrogen-bond donors (Lipinski definition) is 3. The van der Waals surface area contributed by atoms with Crippen molar-refractivity contribution in [1.82, 2.24) is 10.2 Å². The molecule has 0 aliphatic carbocycles. The molecule has 3 N–H and O–H groups in total. The molecule has 2 aromatic carbocycles. The van der Waals surface area contributed by atoms with E-state index in [1.165, 1.54) is 4.90 Å². The third-order valence-corrected chi connectivity index (χ3v) is 8.67. The standard InChI is InChI=1S/C29H34ClN3O5/c1-3-15-31-25(35)22-23-27(37)33(19(17-34)16-18-9-5-4-6-10-18)24(29(23)14-13-28(22,2)38-29)26(36)32-21-12-8-7-11-20(21)30/h4-12,19,22-24,34H,3,13-17H2,1-2H3,(H,31,35)(H,32,36)/t19-,22+,23+,24?,28-,29?/m1/s1. The Morgan fingerprint density at radius 2 is 1.84 bits per heavy atom. The number of ether oxygens (including phenoxy) is 1. The summed E-state index contributed by atoms with van der Waals surface area (Å²) in [5.74, 6) is -2.57. The maximum atomic E-state index is 14.3. The highest BCUT2D eigenvalue weighted by atomic mass is 35.5. The lowest BCUT2D eigenvalue weighted by Gasteiger charge is -2.37. The van der Waals surface area contributed by atoms with E-state index in [1.807, 2.05) is 44.2 Å². The van der Waals surface area contributed by atoms with Gasteiger partial charge in [0.2, 0.25) is 17.7 Å². The highest BCUT2D eigenvalue weighted by Gasteiger charge is 2.78. The average Bonchev–Trinajstić information content (AvgIpc) is 3.48.